The van der Waals surface area contributed by atoms with Crippen LogP contribution in [0.1, 0.15) is 18.4 Å². The first kappa shape index (κ1) is 18.0. The molecule has 128 valence electrons. The number of carbonyl (C=O) groups is 2. The lowest BCUT2D eigenvalue weighted by molar-refractivity contribution is -0.137. The molecule has 1 aromatic carbocycles. The van der Waals surface area contributed by atoms with Gasteiger partial charge in [-0.2, -0.15) is 0 Å². The molecule has 0 radical (unpaired) electrons. The first-order valence-corrected chi connectivity index (χ1v) is 8.51. The van der Waals surface area contributed by atoms with E-state index in [1.165, 1.54) is 17.3 Å². The maximum atomic E-state index is 12.1. The number of rotatable bonds is 8. The normalized spacial score (nSPS) is 10.6. The highest BCUT2D eigenvalue weighted by Crippen LogP contribution is 2.20. The van der Waals surface area contributed by atoms with E-state index in [-0.39, 0.29) is 18.1 Å². The Labute approximate surface area is 144 Å². The van der Waals surface area contributed by atoms with Crippen LogP contribution in [0.3, 0.4) is 0 Å². The van der Waals surface area contributed by atoms with Crippen molar-refractivity contribution in [3.05, 3.63) is 36.2 Å². The van der Waals surface area contributed by atoms with Gasteiger partial charge in [0.15, 0.2) is 5.16 Å². The Morgan fingerprint density at radius 3 is 2.67 bits per heavy atom. The molecule has 2 aromatic rings. The minimum absolute atomic E-state index is 0.0620. The Balaban J connectivity index is 1.90. The highest BCUT2D eigenvalue weighted by Gasteiger charge is 2.13. The first-order valence-electron chi connectivity index (χ1n) is 7.53. The molecule has 0 aliphatic heterocycles. The highest BCUT2D eigenvalue weighted by atomic mass is 32.2. The summed E-state index contributed by atoms with van der Waals surface area (Å²) in [5.74, 6) is -0.686. The van der Waals surface area contributed by atoms with Crippen LogP contribution in [0.5, 0.6) is 0 Å². The zero-order valence-corrected chi connectivity index (χ0v) is 14.5. The Hall–Kier alpha value is -2.35. The second-order valence-electron chi connectivity index (χ2n) is 5.42. The minimum Gasteiger partial charge on any atom is -0.481 e. The van der Waals surface area contributed by atoms with Gasteiger partial charge in [-0.15, -0.1) is 10.2 Å². The molecule has 0 saturated carbocycles. The summed E-state index contributed by atoms with van der Waals surface area (Å²) in [6, 6.07) is 7.96. The molecule has 0 unspecified atom stereocenters. The molecule has 0 aliphatic rings. The van der Waals surface area contributed by atoms with E-state index in [0.717, 1.165) is 5.69 Å². The molecule has 7 nitrogen and oxygen atoms in total. The van der Waals surface area contributed by atoms with Gasteiger partial charge in [0.2, 0.25) is 5.91 Å². The molecule has 1 amide bonds. The van der Waals surface area contributed by atoms with Crippen LogP contribution in [0.25, 0.3) is 5.69 Å². The third-order valence-corrected chi connectivity index (χ3v) is 4.39. The number of aromatic nitrogens is 3. The summed E-state index contributed by atoms with van der Waals surface area (Å²) in [5.41, 5.74) is 2.11. The fourth-order valence-corrected chi connectivity index (χ4v) is 2.90. The summed E-state index contributed by atoms with van der Waals surface area (Å²) in [5, 5.41) is 17.2. The van der Waals surface area contributed by atoms with E-state index >= 15 is 0 Å². The zero-order chi connectivity index (χ0) is 17.5. The lowest BCUT2D eigenvalue weighted by atomic mass is 10.2. The predicted octanol–water partition coefficient (Wildman–Crippen LogP) is 1.99. The predicted molar refractivity (Wildman–Crippen MR) is 91.3 cm³/mol. The van der Waals surface area contributed by atoms with Gasteiger partial charge in [-0.05, 0) is 25.5 Å². The Kier molecular flexibility index (Phi) is 6.36. The van der Waals surface area contributed by atoms with E-state index in [9.17, 15) is 9.59 Å². The molecule has 0 atom stereocenters. The van der Waals surface area contributed by atoms with E-state index in [0.29, 0.717) is 18.1 Å². The van der Waals surface area contributed by atoms with Gasteiger partial charge in [0.05, 0.1) is 5.75 Å². The van der Waals surface area contributed by atoms with E-state index in [4.69, 9.17) is 5.11 Å². The number of amides is 1. The molecule has 2 rings (SSSR count). The van der Waals surface area contributed by atoms with E-state index < -0.39 is 5.97 Å². The standard InChI is InChI=1S/C16H20N4O3S/c1-12-5-7-13(8-6-12)20-11-17-18-16(20)24-10-14(21)19(2)9-3-4-15(22)23/h5-8,11H,3-4,9-10H2,1-2H3,(H,22,23). The number of hydrogen-bond donors (Lipinski definition) is 1. The second kappa shape index (κ2) is 8.49. The number of nitrogens with zero attached hydrogens (tertiary/aromatic N) is 4. The van der Waals surface area contributed by atoms with Crippen LogP contribution >= 0.6 is 11.8 Å². The van der Waals surface area contributed by atoms with Crippen LogP contribution in [0, 0.1) is 6.92 Å². The van der Waals surface area contributed by atoms with Gasteiger partial charge in [0, 0.05) is 25.7 Å². The minimum atomic E-state index is -0.851. The highest BCUT2D eigenvalue weighted by molar-refractivity contribution is 7.99. The molecule has 0 saturated heterocycles. The van der Waals surface area contributed by atoms with Crippen LogP contribution in [-0.4, -0.2) is 56.0 Å². The summed E-state index contributed by atoms with van der Waals surface area (Å²) in [6.07, 6.45) is 2.13. The molecule has 8 heteroatoms. The van der Waals surface area contributed by atoms with Crippen LogP contribution < -0.4 is 0 Å². The third-order valence-electron chi connectivity index (χ3n) is 3.46. The van der Waals surface area contributed by atoms with E-state index in [1.54, 1.807) is 18.3 Å². The number of thioether (sulfide) groups is 1. The molecule has 1 heterocycles. The van der Waals surface area contributed by atoms with Gasteiger partial charge in [0.1, 0.15) is 6.33 Å². The molecule has 1 aromatic heterocycles. The lowest BCUT2D eigenvalue weighted by Crippen LogP contribution is -2.29. The number of benzene rings is 1. The van der Waals surface area contributed by atoms with Gasteiger partial charge in [-0.1, -0.05) is 29.5 Å². The monoisotopic (exact) mass is 348 g/mol. The number of carboxylic acid groups (broad SMARTS) is 1. The largest absolute Gasteiger partial charge is 0.481 e. The second-order valence-corrected chi connectivity index (χ2v) is 6.36. The van der Waals surface area contributed by atoms with Crippen LogP contribution in [-0.2, 0) is 9.59 Å². The number of carboxylic acids is 1. The van der Waals surface area contributed by atoms with Crippen LogP contribution in [0.2, 0.25) is 0 Å². The maximum absolute atomic E-state index is 12.1. The molecular formula is C16H20N4O3S. The molecule has 24 heavy (non-hydrogen) atoms. The summed E-state index contributed by atoms with van der Waals surface area (Å²) < 4.78 is 1.84. The summed E-state index contributed by atoms with van der Waals surface area (Å²) in [6.45, 7) is 2.45. The Morgan fingerprint density at radius 1 is 1.29 bits per heavy atom. The zero-order valence-electron chi connectivity index (χ0n) is 13.7. The molecule has 0 fully saturated rings. The van der Waals surface area contributed by atoms with Crippen molar-refractivity contribution in [3.8, 4) is 5.69 Å². The number of aliphatic carboxylic acids is 1. The van der Waals surface area contributed by atoms with Crippen molar-refractivity contribution in [1.29, 1.82) is 0 Å². The van der Waals surface area contributed by atoms with Crippen molar-refractivity contribution in [1.82, 2.24) is 19.7 Å². The van der Waals surface area contributed by atoms with Crippen molar-refractivity contribution in [2.75, 3.05) is 19.3 Å². The van der Waals surface area contributed by atoms with Crippen molar-refractivity contribution in [2.24, 2.45) is 0 Å². The van der Waals surface area contributed by atoms with Gasteiger partial charge < -0.3 is 10.0 Å². The molecule has 1 N–H and O–H groups in total. The maximum Gasteiger partial charge on any atom is 0.303 e. The number of aryl methyl sites for hydroxylation is 1. The fraction of sp³-hybridized carbons (Fsp3) is 0.375. The van der Waals surface area contributed by atoms with Gasteiger partial charge in [-0.3, -0.25) is 14.2 Å². The number of hydrogen-bond acceptors (Lipinski definition) is 5. The van der Waals surface area contributed by atoms with Crippen molar-refractivity contribution >= 4 is 23.6 Å². The quantitative estimate of drug-likeness (QED) is 0.734. The van der Waals surface area contributed by atoms with Crippen LogP contribution in [0.4, 0.5) is 0 Å². The summed E-state index contributed by atoms with van der Waals surface area (Å²) in [7, 11) is 1.68. The summed E-state index contributed by atoms with van der Waals surface area (Å²) >= 11 is 1.31. The lowest BCUT2D eigenvalue weighted by Gasteiger charge is -2.16. The average Bonchev–Trinajstić information content (AvgIpc) is 3.01. The first-order chi connectivity index (χ1) is 11.5. The van der Waals surface area contributed by atoms with Crippen molar-refractivity contribution in [3.63, 3.8) is 0 Å². The SMILES string of the molecule is Cc1ccc(-n2cnnc2SCC(=O)N(C)CCCC(=O)O)cc1. The summed E-state index contributed by atoms with van der Waals surface area (Å²) in [4.78, 5) is 24.2. The van der Waals surface area contributed by atoms with Crippen molar-refractivity contribution < 1.29 is 14.7 Å². The third kappa shape index (κ3) is 5.09. The molecule has 0 spiro atoms. The van der Waals surface area contributed by atoms with Gasteiger partial charge >= 0.3 is 5.97 Å². The average molecular weight is 348 g/mol. The molecular weight excluding hydrogens is 328 g/mol. The molecule has 0 bridgehead atoms. The van der Waals surface area contributed by atoms with Crippen LogP contribution in [0.15, 0.2) is 35.7 Å². The van der Waals surface area contributed by atoms with Gasteiger partial charge in [-0.25, -0.2) is 0 Å². The van der Waals surface area contributed by atoms with E-state index in [1.807, 2.05) is 35.8 Å². The Morgan fingerprint density at radius 2 is 2.00 bits per heavy atom. The smallest absolute Gasteiger partial charge is 0.303 e. The van der Waals surface area contributed by atoms with Gasteiger partial charge in [0.25, 0.3) is 0 Å². The van der Waals surface area contributed by atoms with Crippen molar-refractivity contribution in [2.45, 2.75) is 24.9 Å². The molecule has 0 aliphatic carbocycles. The Bertz CT molecular complexity index is 700. The fourth-order valence-electron chi connectivity index (χ4n) is 2.03. The topological polar surface area (TPSA) is 88.3 Å². The number of carbonyl (C=O) groups excluding carboxylic acids is 1. The van der Waals surface area contributed by atoms with E-state index in [2.05, 4.69) is 10.2 Å².